The van der Waals surface area contributed by atoms with Crippen LogP contribution in [0.25, 0.3) is 10.8 Å². The number of hydrogen-bond acceptors (Lipinski definition) is 3. The van der Waals surface area contributed by atoms with E-state index in [9.17, 15) is 0 Å². The smallest absolute Gasteiger partial charge is 0.0772 e. The number of anilines is 1. The molecule has 0 aliphatic heterocycles. The number of nitrogens with one attached hydrogen (secondary N) is 1. The van der Waals surface area contributed by atoms with Gasteiger partial charge in [-0.3, -0.25) is 4.98 Å². The molecule has 1 saturated carbocycles. The monoisotopic (exact) mass is 256 g/mol. The second kappa shape index (κ2) is 5.57. The number of methoxy groups -OCH3 is 1. The molecule has 0 amide bonds. The van der Waals surface area contributed by atoms with E-state index in [-0.39, 0.29) is 0 Å². The topological polar surface area (TPSA) is 34.1 Å². The van der Waals surface area contributed by atoms with Gasteiger partial charge in [0.2, 0.25) is 0 Å². The Bertz CT molecular complexity index is 550. The predicted molar refractivity (Wildman–Crippen MR) is 78.4 cm³/mol. The van der Waals surface area contributed by atoms with Gasteiger partial charge >= 0.3 is 0 Å². The standard InChI is InChI=1S/C16H20N2O/c1-19-16-8-3-2-6-15(16)18-14-7-4-5-12-11-17-10-9-13(12)14/h4-5,7,9-11,15-16,18H,2-3,6,8H2,1H3. The minimum Gasteiger partial charge on any atom is -0.379 e. The second-order valence-electron chi connectivity index (χ2n) is 5.21. The lowest BCUT2D eigenvalue weighted by Crippen LogP contribution is -2.37. The average molecular weight is 256 g/mol. The van der Waals surface area contributed by atoms with E-state index in [1.807, 2.05) is 19.5 Å². The first kappa shape index (κ1) is 12.4. The summed E-state index contributed by atoms with van der Waals surface area (Å²) in [6.45, 7) is 0. The van der Waals surface area contributed by atoms with Crippen LogP contribution in [0.3, 0.4) is 0 Å². The lowest BCUT2D eigenvalue weighted by Gasteiger charge is -2.32. The van der Waals surface area contributed by atoms with Gasteiger partial charge in [0.15, 0.2) is 0 Å². The van der Waals surface area contributed by atoms with Crippen molar-refractivity contribution in [2.75, 3.05) is 12.4 Å². The highest BCUT2D eigenvalue weighted by Crippen LogP contribution is 2.28. The van der Waals surface area contributed by atoms with Crippen LogP contribution in [-0.2, 0) is 4.74 Å². The first-order chi connectivity index (χ1) is 9.38. The molecule has 1 N–H and O–H groups in total. The zero-order chi connectivity index (χ0) is 13.1. The normalized spacial score (nSPS) is 23.4. The molecule has 3 nitrogen and oxygen atoms in total. The summed E-state index contributed by atoms with van der Waals surface area (Å²) >= 11 is 0. The summed E-state index contributed by atoms with van der Waals surface area (Å²) in [6, 6.07) is 8.81. The van der Waals surface area contributed by atoms with E-state index in [2.05, 4.69) is 34.6 Å². The van der Waals surface area contributed by atoms with E-state index in [1.54, 1.807) is 0 Å². The van der Waals surface area contributed by atoms with Crippen LogP contribution in [0.15, 0.2) is 36.7 Å². The number of aromatic nitrogens is 1. The van der Waals surface area contributed by atoms with E-state index in [4.69, 9.17) is 4.74 Å². The molecular formula is C16H20N2O. The maximum absolute atomic E-state index is 5.61. The van der Waals surface area contributed by atoms with Gasteiger partial charge in [-0.15, -0.1) is 0 Å². The van der Waals surface area contributed by atoms with Crippen LogP contribution in [0.1, 0.15) is 25.7 Å². The molecule has 2 aromatic rings. The highest BCUT2D eigenvalue weighted by Gasteiger charge is 2.24. The van der Waals surface area contributed by atoms with Crippen LogP contribution in [-0.4, -0.2) is 24.2 Å². The number of fused-ring (bicyclic) bond motifs is 1. The average Bonchev–Trinajstić information content (AvgIpc) is 2.48. The maximum atomic E-state index is 5.61. The Balaban J connectivity index is 1.88. The number of benzene rings is 1. The lowest BCUT2D eigenvalue weighted by atomic mass is 9.92. The summed E-state index contributed by atoms with van der Waals surface area (Å²) in [5, 5.41) is 6.08. The van der Waals surface area contributed by atoms with Gasteiger partial charge in [0.05, 0.1) is 12.1 Å². The minimum atomic E-state index is 0.325. The Kier molecular flexibility index (Phi) is 3.65. The Labute approximate surface area is 114 Å². The summed E-state index contributed by atoms with van der Waals surface area (Å²) < 4.78 is 5.61. The first-order valence-corrected chi connectivity index (χ1v) is 7.00. The number of nitrogens with zero attached hydrogens (tertiary/aromatic N) is 1. The van der Waals surface area contributed by atoms with Crippen molar-refractivity contribution in [3.63, 3.8) is 0 Å². The molecule has 0 bridgehead atoms. The van der Waals surface area contributed by atoms with Crippen molar-refractivity contribution in [3.8, 4) is 0 Å². The molecule has 1 aromatic carbocycles. The second-order valence-corrected chi connectivity index (χ2v) is 5.21. The van der Waals surface area contributed by atoms with Gasteiger partial charge in [-0.05, 0) is 25.0 Å². The predicted octanol–water partition coefficient (Wildman–Crippen LogP) is 3.60. The van der Waals surface area contributed by atoms with Crippen LogP contribution in [0, 0.1) is 0 Å². The van der Waals surface area contributed by atoms with Gasteiger partial charge in [0, 0.05) is 36.0 Å². The Morgan fingerprint density at radius 2 is 2.11 bits per heavy atom. The van der Waals surface area contributed by atoms with Gasteiger partial charge in [0.1, 0.15) is 0 Å². The summed E-state index contributed by atoms with van der Waals surface area (Å²) in [7, 11) is 1.82. The molecule has 2 atom stereocenters. The van der Waals surface area contributed by atoms with Crippen molar-refractivity contribution in [1.29, 1.82) is 0 Å². The molecule has 1 aliphatic carbocycles. The minimum absolute atomic E-state index is 0.325. The molecule has 3 rings (SSSR count). The van der Waals surface area contributed by atoms with E-state index >= 15 is 0 Å². The van der Waals surface area contributed by atoms with Crippen LogP contribution >= 0.6 is 0 Å². The number of ether oxygens (including phenoxy) is 1. The Morgan fingerprint density at radius 3 is 3.00 bits per heavy atom. The highest BCUT2D eigenvalue weighted by molar-refractivity contribution is 5.93. The van der Waals surface area contributed by atoms with Crippen molar-refractivity contribution in [2.45, 2.75) is 37.8 Å². The maximum Gasteiger partial charge on any atom is 0.0772 e. The SMILES string of the molecule is COC1CCCCC1Nc1cccc2cnccc12. The fraction of sp³-hybridized carbons (Fsp3) is 0.438. The van der Waals surface area contributed by atoms with Gasteiger partial charge in [0.25, 0.3) is 0 Å². The number of hydrogen-bond donors (Lipinski definition) is 1. The number of rotatable bonds is 3. The van der Waals surface area contributed by atoms with Crippen molar-refractivity contribution >= 4 is 16.5 Å². The van der Waals surface area contributed by atoms with Gasteiger partial charge in [-0.1, -0.05) is 25.0 Å². The summed E-state index contributed by atoms with van der Waals surface area (Å²) in [6.07, 6.45) is 8.98. The van der Waals surface area contributed by atoms with Crippen LogP contribution in [0.2, 0.25) is 0 Å². The first-order valence-electron chi connectivity index (χ1n) is 7.00. The molecule has 0 spiro atoms. The molecule has 1 aliphatic rings. The Hall–Kier alpha value is -1.61. The lowest BCUT2D eigenvalue weighted by molar-refractivity contribution is 0.0606. The largest absolute Gasteiger partial charge is 0.379 e. The summed E-state index contributed by atoms with van der Waals surface area (Å²) in [4.78, 5) is 4.18. The third-order valence-corrected chi connectivity index (χ3v) is 4.03. The van der Waals surface area contributed by atoms with E-state index in [0.717, 1.165) is 6.42 Å². The molecular weight excluding hydrogens is 236 g/mol. The highest BCUT2D eigenvalue weighted by atomic mass is 16.5. The summed E-state index contributed by atoms with van der Waals surface area (Å²) in [5.74, 6) is 0. The van der Waals surface area contributed by atoms with E-state index in [1.165, 1.54) is 35.7 Å². The number of pyridine rings is 1. The molecule has 1 aromatic heterocycles. The molecule has 2 unspecified atom stereocenters. The van der Waals surface area contributed by atoms with Gasteiger partial charge < -0.3 is 10.1 Å². The fourth-order valence-electron chi connectivity index (χ4n) is 2.99. The third-order valence-electron chi connectivity index (χ3n) is 4.03. The van der Waals surface area contributed by atoms with Gasteiger partial charge in [-0.2, -0.15) is 0 Å². The molecule has 1 heterocycles. The van der Waals surface area contributed by atoms with Crippen LogP contribution in [0.5, 0.6) is 0 Å². The molecule has 3 heteroatoms. The molecule has 0 radical (unpaired) electrons. The molecule has 0 saturated heterocycles. The van der Waals surface area contributed by atoms with Crippen LogP contribution in [0.4, 0.5) is 5.69 Å². The quantitative estimate of drug-likeness (QED) is 0.911. The van der Waals surface area contributed by atoms with Gasteiger partial charge in [-0.25, -0.2) is 0 Å². The zero-order valence-corrected chi connectivity index (χ0v) is 11.3. The molecule has 1 fully saturated rings. The van der Waals surface area contributed by atoms with Crippen LogP contribution < -0.4 is 5.32 Å². The third kappa shape index (κ3) is 2.56. The van der Waals surface area contributed by atoms with Crippen molar-refractivity contribution in [1.82, 2.24) is 4.98 Å². The van der Waals surface area contributed by atoms with Crippen molar-refractivity contribution < 1.29 is 4.74 Å². The van der Waals surface area contributed by atoms with E-state index < -0.39 is 0 Å². The molecule has 100 valence electrons. The fourth-order valence-corrected chi connectivity index (χ4v) is 2.99. The van der Waals surface area contributed by atoms with E-state index in [0.29, 0.717) is 12.1 Å². The zero-order valence-electron chi connectivity index (χ0n) is 11.3. The van der Waals surface area contributed by atoms with Crippen molar-refractivity contribution in [2.24, 2.45) is 0 Å². The summed E-state index contributed by atoms with van der Waals surface area (Å²) in [5.41, 5.74) is 1.19. The molecule has 19 heavy (non-hydrogen) atoms. The Morgan fingerprint density at radius 1 is 1.21 bits per heavy atom. The van der Waals surface area contributed by atoms with Crippen molar-refractivity contribution in [3.05, 3.63) is 36.7 Å².